The Hall–Kier alpha value is -2.64. The molecule has 0 saturated heterocycles. The van der Waals surface area contributed by atoms with Crippen LogP contribution in [0.25, 0.3) is 11.4 Å². The Labute approximate surface area is 170 Å². The smallest absolute Gasteiger partial charge is 0.237 e. The average molecular weight is 396 g/mol. The number of β-amino-alcohol motifs (C(OH)–C–C–N with tert-alkyl or cyclic N) is 1. The van der Waals surface area contributed by atoms with Crippen molar-refractivity contribution in [1.82, 2.24) is 15.2 Å². The zero-order chi connectivity index (χ0) is 20.8. The van der Waals surface area contributed by atoms with Crippen molar-refractivity contribution in [3.05, 3.63) is 46.8 Å². The van der Waals surface area contributed by atoms with Gasteiger partial charge in [0.05, 0.1) is 42.3 Å². The number of amides is 1. The summed E-state index contributed by atoms with van der Waals surface area (Å²) >= 11 is 0. The van der Waals surface area contributed by atoms with Gasteiger partial charge in [0.25, 0.3) is 0 Å². The van der Waals surface area contributed by atoms with Crippen molar-refractivity contribution >= 4 is 11.6 Å². The molecule has 7 nitrogen and oxygen atoms in total. The first kappa shape index (κ1) is 19.7. The second-order valence-electron chi connectivity index (χ2n) is 8.46. The van der Waals surface area contributed by atoms with Gasteiger partial charge in [0.1, 0.15) is 0 Å². The maximum absolute atomic E-state index is 13.1. The van der Waals surface area contributed by atoms with Crippen molar-refractivity contribution in [1.29, 1.82) is 0 Å². The Morgan fingerprint density at radius 3 is 2.86 bits per heavy atom. The lowest BCUT2D eigenvalue weighted by Gasteiger charge is -2.22. The fraction of sp³-hybridized carbons (Fsp3) is 0.455. The predicted molar refractivity (Wildman–Crippen MR) is 111 cm³/mol. The molecule has 0 bridgehead atoms. The molecule has 7 heteroatoms. The number of nitrogens with zero attached hydrogens (tertiary/aromatic N) is 2. The van der Waals surface area contributed by atoms with Crippen molar-refractivity contribution in [3.8, 4) is 11.4 Å². The molecule has 3 heterocycles. The summed E-state index contributed by atoms with van der Waals surface area (Å²) in [6, 6.07) is 3.99. The molecule has 0 spiro atoms. The number of aryl methyl sites for hydroxylation is 2. The lowest BCUT2D eigenvalue weighted by molar-refractivity contribution is -0.122. The van der Waals surface area contributed by atoms with E-state index in [9.17, 15) is 15.0 Å². The molecule has 0 radical (unpaired) electrons. The van der Waals surface area contributed by atoms with Crippen LogP contribution in [0.3, 0.4) is 0 Å². The number of aliphatic hydroxyl groups excluding tert-OH is 2. The topological polar surface area (TPSA) is 105 Å². The number of fused-ring (bicyclic) bond motifs is 4. The number of aromatic amines is 2. The third kappa shape index (κ3) is 3.24. The molecular weight excluding hydrogens is 368 g/mol. The van der Waals surface area contributed by atoms with Gasteiger partial charge < -0.3 is 20.1 Å². The number of carbonyl (C=O) groups is 1. The van der Waals surface area contributed by atoms with Gasteiger partial charge in [-0.15, -0.1) is 0 Å². The number of aromatic nitrogens is 3. The number of nitrogens with one attached hydrogen (secondary N) is 2. The highest BCUT2D eigenvalue weighted by molar-refractivity contribution is 6.07. The highest BCUT2D eigenvalue weighted by Gasteiger charge is 2.43. The van der Waals surface area contributed by atoms with Crippen LogP contribution in [0.5, 0.6) is 0 Å². The van der Waals surface area contributed by atoms with Crippen molar-refractivity contribution in [2.75, 3.05) is 18.1 Å². The van der Waals surface area contributed by atoms with Gasteiger partial charge in [-0.05, 0) is 74.4 Å². The van der Waals surface area contributed by atoms with Crippen LogP contribution < -0.4 is 4.90 Å². The van der Waals surface area contributed by atoms with Gasteiger partial charge in [0, 0.05) is 11.9 Å². The van der Waals surface area contributed by atoms with Crippen LogP contribution in [0.2, 0.25) is 0 Å². The summed E-state index contributed by atoms with van der Waals surface area (Å²) in [5.41, 5.74) is 6.44. The summed E-state index contributed by atoms with van der Waals surface area (Å²) in [6.45, 7) is 5.54. The number of H-pyrrole nitrogens is 2. The zero-order valence-electron chi connectivity index (χ0n) is 17.1. The first-order valence-electron chi connectivity index (χ1n) is 10.1. The van der Waals surface area contributed by atoms with Crippen LogP contribution >= 0.6 is 0 Å². The first-order valence-corrected chi connectivity index (χ1v) is 10.1. The number of aliphatic hydroxyl groups is 2. The molecule has 1 aliphatic heterocycles. The zero-order valence-corrected chi connectivity index (χ0v) is 17.1. The second-order valence-corrected chi connectivity index (χ2v) is 8.46. The van der Waals surface area contributed by atoms with E-state index in [0.717, 1.165) is 47.5 Å². The maximum atomic E-state index is 13.1. The molecule has 1 unspecified atom stereocenters. The molecule has 2 aromatic heterocycles. The van der Waals surface area contributed by atoms with Crippen LogP contribution in [-0.4, -0.2) is 50.6 Å². The van der Waals surface area contributed by atoms with E-state index in [1.807, 2.05) is 38.4 Å². The van der Waals surface area contributed by atoms with Crippen LogP contribution in [0.4, 0.5) is 5.69 Å². The Kier molecular flexibility index (Phi) is 4.96. The number of hydrogen-bond donors (Lipinski definition) is 4. The number of rotatable bonds is 3. The second kappa shape index (κ2) is 7.31. The minimum Gasteiger partial charge on any atom is -0.394 e. The molecule has 0 fully saturated rings. The Morgan fingerprint density at radius 1 is 1.31 bits per heavy atom. The molecule has 1 aliphatic carbocycles. The monoisotopic (exact) mass is 396 g/mol. The van der Waals surface area contributed by atoms with Crippen LogP contribution in [0, 0.1) is 6.92 Å². The average Bonchev–Trinajstić information content (AvgIpc) is 3.17. The van der Waals surface area contributed by atoms with E-state index >= 15 is 0 Å². The molecule has 0 saturated carbocycles. The van der Waals surface area contributed by atoms with Gasteiger partial charge in [-0.3, -0.25) is 9.89 Å². The van der Waals surface area contributed by atoms with Gasteiger partial charge >= 0.3 is 0 Å². The fourth-order valence-corrected chi connectivity index (χ4v) is 4.43. The lowest BCUT2D eigenvalue weighted by atomic mass is 9.87. The minimum absolute atomic E-state index is 0.0687. The highest BCUT2D eigenvalue weighted by atomic mass is 16.3. The van der Waals surface area contributed by atoms with Crippen LogP contribution in [0.15, 0.2) is 24.5 Å². The Balaban J connectivity index is 1.97. The van der Waals surface area contributed by atoms with Crippen molar-refractivity contribution in [2.24, 2.45) is 0 Å². The third-order valence-corrected chi connectivity index (χ3v) is 6.07. The molecular formula is C22H28N4O3. The van der Waals surface area contributed by atoms with E-state index < -0.39 is 11.5 Å². The Morgan fingerprint density at radius 2 is 2.10 bits per heavy atom. The highest BCUT2D eigenvalue weighted by Crippen LogP contribution is 2.41. The van der Waals surface area contributed by atoms with Gasteiger partial charge in [-0.2, -0.15) is 5.10 Å². The molecule has 2 aromatic rings. The molecule has 2 aliphatic rings. The predicted octanol–water partition coefficient (Wildman–Crippen LogP) is 2.30. The normalized spacial score (nSPS) is 17.8. The molecule has 0 aromatic carbocycles. The summed E-state index contributed by atoms with van der Waals surface area (Å²) in [5.74, 6) is -0.0739. The number of hydrogen-bond acceptors (Lipinski definition) is 4. The van der Waals surface area contributed by atoms with E-state index in [2.05, 4.69) is 22.1 Å². The third-order valence-electron chi connectivity index (χ3n) is 6.07. The maximum Gasteiger partial charge on any atom is 0.237 e. The largest absolute Gasteiger partial charge is 0.394 e. The van der Waals surface area contributed by atoms with E-state index in [-0.39, 0.29) is 19.1 Å². The molecule has 154 valence electrons. The van der Waals surface area contributed by atoms with E-state index in [1.54, 1.807) is 4.90 Å². The standard InChI is InChI=1S/C22H28N4O3/c1-13-9-18-17(22(2,3)21(29)26(18)11-15(28)12-27)7-8-23-20-16(13)6-4-5-14-10-24-25-19(14)20/h7-10,15,23,27-28H,4-6,11-12H2,1-3H3,(H,24,25). The van der Waals surface area contributed by atoms with Crippen molar-refractivity contribution in [3.63, 3.8) is 0 Å². The lowest BCUT2D eigenvalue weighted by Crippen LogP contribution is -2.41. The number of carbonyl (C=O) groups excluding carboxylic acids is 1. The SMILES string of the molecule is Cc1cc2c(cc[nH]c3c1CCCc1cn[nH]c1-3)C(C)(C)C(=O)N2CC(O)CO. The molecule has 1 atom stereocenters. The van der Waals surface area contributed by atoms with Gasteiger partial charge in [-0.25, -0.2) is 0 Å². The van der Waals surface area contributed by atoms with E-state index in [0.29, 0.717) is 0 Å². The van der Waals surface area contributed by atoms with E-state index in [4.69, 9.17) is 0 Å². The molecule has 29 heavy (non-hydrogen) atoms. The fourth-order valence-electron chi connectivity index (χ4n) is 4.43. The minimum atomic E-state index is -0.981. The Bertz CT molecular complexity index is 1000. The van der Waals surface area contributed by atoms with Crippen LogP contribution in [-0.2, 0) is 23.1 Å². The summed E-state index contributed by atoms with van der Waals surface area (Å²) in [4.78, 5) is 18.2. The van der Waals surface area contributed by atoms with Crippen molar-refractivity contribution < 1.29 is 15.0 Å². The molecule has 4 N–H and O–H groups in total. The summed E-state index contributed by atoms with van der Waals surface area (Å²) in [5, 5.41) is 26.7. The molecule has 4 rings (SSSR count). The number of anilines is 1. The van der Waals surface area contributed by atoms with Gasteiger partial charge in [0.15, 0.2) is 0 Å². The molecule has 1 amide bonds. The van der Waals surface area contributed by atoms with Crippen molar-refractivity contribution in [2.45, 2.75) is 51.6 Å². The quantitative estimate of drug-likeness (QED) is 0.639. The summed E-state index contributed by atoms with van der Waals surface area (Å²) in [7, 11) is 0. The van der Waals surface area contributed by atoms with Crippen LogP contribution in [0.1, 0.15) is 42.5 Å². The summed E-state index contributed by atoms with van der Waals surface area (Å²) < 4.78 is 0. The van der Waals surface area contributed by atoms with E-state index in [1.165, 1.54) is 11.1 Å². The van der Waals surface area contributed by atoms with Gasteiger partial charge in [-0.1, -0.05) is 0 Å². The van der Waals surface area contributed by atoms with Gasteiger partial charge in [0.2, 0.25) is 5.91 Å². The first-order chi connectivity index (χ1) is 13.8. The summed E-state index contributed by atoms with van der Waals surface area (Å²) in [6.07, 6.45) is 5.69.